The summed E-state index contributed by atoms with van der Waals surface area (Å²) >= 11 is 0. The molecule has 0 amide bonds. The van der Waals surface area contributed by atoms with Gasteiger partial charge in [-0.3, -0.25) is 0 Å². The van der Waals surface area contributed by atoms with Crippen LogP contribution >= 0.6 is 0 Å². The largest absolute Gasteiger partial charge is 0.465 e. The van der Waals surface area contributed by atoms with Gasteiger partial charge < -0.3 is 15.4 Å². The second-order valence-electron chi connectivity index (χ2n) is 5.53. The Morgan fingerprint density at radius 1 is 1.04 bits per heavy atom. The lowest BCUT2D eigenvalue weighted by molar-refractivity contribution is -0.137. The van der Waals surface area contributed by atoms with Gasteiger partial charge in [-0.2, -0.15) is 23.3 Å². The summed E-state index contributed by atoms with van der Waals surface area (Å²) in [5.74, 6) is -0.184. The van der Waals surface area contributed by atoms with Crippen LogP contribution < -0.4 is 10.6 Å². The maximum atomic E-state index is 12.6. The molecule has 7 nitrogen and oxygen atoms in total. The Hall–Kier alpha value is -3.69. The van der Waals surface area contributed by atoms with Crippen molar-refractivity contribution in [2.75, 3.05) is 17.7 Å². The van der Waals surface area contributed by atoms with E-state index in [9.17, 15) is 18.0 Å². The molecule has 1 aromatic heterocycles. The second-order valence-corrected chi connectivity index (χ2v) is 5.53. The zero-order chi connectivity index (χ0) is 20.1. The SMILES string of the molecule is COC(=O)c1ccccc1Nc1nncc(Nc2ccc(C(F)(F)F)cc2)n1. The van der Waals surface area contributed by atoms with Crippen LogP contribution in [0.2, 0.25) is 0 Å². The van der Waals surface area contributed by atoms with Crippen molar-refractivity contribution in [3.8, 4) is 0 Å². The van der Waals surface area contributed by atoms with Crippen molar-refractivity contribution in [3.63, 3.8) is 0 Å². The Bertz CT molecular complexity index is 977. The summed E-state index contributed by atoms with van der Waals surface area (Å²) in [6.45, 7) is 0. The van der Waals surface area contributed by atoms with Gasteiger partial charge in [0, 0.05) is 5.69 Å². The maximum absolute atomic E-state index is 12.6. The van der Waals surface area contributed by atoms with Gasteiger partial charge in [-0.15, -0.1) is 5.10 Å². The standard InChI is InChI=1S/C18H14F3N5O2/c1-28-16(27)13-4-2-3-5-14(13)24-17-25-15(10-22-26-17)23-12-8-6-11(7-9-12)18(19,20)21/h2-10H,1H3,(H2,23,24,25,26). The first-order valence-corrected chi connectivity index (χ1v) is 7.95. The van der Waals surface area contributed by atoms with Gasteiger partial charge in [-0.25, -0.2) is 4.79 Å². The van der Waals surface area contributed by atoms with E-state index in [-0.39, 0.29) is 17.3 Å². The molecule has 28 heavy (non-hydrogen) atoms. The lowest BCUT2D eigenvalue weighted by Crippen LogP contribution is -2.08. The molecule has 1 heterocycles. The van der Waals surface area contributed by atoms with Gasteiger partial charge in [0.15, 0.2) is 5.82 Å². The van der Waals surface area contributed by atoms with Gasteiger partial charge in [0.2, 0.25) is 5.95 Å². The third-order valence-corrected chi connectivity index (χ3v) is 3.62. The number of methoxy groups -OCH3 is 1. The predicted octanol–water partition coefficient (Wildman–Crippen LogP) is 4.16. The van der Waals surface area contributed by atoms with Gasteiger partial charge in [0.1, 0.15) is 0 Å². The minimum Gasteiger partial charge on any atom is -0.465 e. The van der Waals surface area contributed by atoms with Crippen molar-refractivity contribution in [1.82, 2.24) is 15.2 Å². The number of aromatic nitrogens is 3. The van der Waals surface area contributed by atoms with Crippen molar-refractivity contribution in [2.24, 2.45) is 0 Å². The van der Waals surface area contributed by atoms with Crippen LogP contribution in [-0.4, -0.2) is 28.3 Å². The van der Waals surface area contributed by atoms with Crippen molar-refractivity contribution in [1.29, 1.82) is 0 Å². The summed E-state index contributed by atoms with van der Waals surface area (Å²) in [6, 6.07) is 11.1. The van der Waals surface area contributed by atoms with Crippen LogP contribution in [0.15, 0.2) is 54.7 Å². The van der Waals surface area contributed by atoms with E-state index in [0.717, 1.165) is 12.1 Å². The highest BCUT2D eigenvalue weighted by Crippen LogP contribution is 2.30. The van der Waals surface area contributed by atoms with E-state index in [2.05, 4.69) is 25.8 Å². The molecule has 0 spiro atoms. The van der Waals surface area contributed by atoms with E-state index in [1.807, 2.05) is 0 Å². The highest BCUT2D eigenvalue weighted by molar-refractivity contribution is 5.96. The summed E-state index contributed by atoms with van der Waals surface area (Å²) in [5, 5.41) is 13.3. The number of ether oxygens (including phenoxy) is 1. The number of rotatable bonds is 5. The molecule has 0 atom stereocenters. The highest BCUT2D eigenvalue weighted by atomic mass is 19.4. The molecule has 2 N–H and O–H groups in total. The number of esters is 1. The molecule has 0 radical (unpaired) electrons. The zero-order valence-electron chi connectivity index (χ0n) is 14.5. The molecule has 0 aliphatic carbocycles. The molecule has 0 fully saturated rings. The number of nitrogens with zero attached hydrogens (tertiary/aromatic N) is 3. The number of benzene rings is 2. The Kier molecular flexibility index (Phi) is 5.39. The third-order valence-electron chi connectivity index (χ3n) is 3.62. The molecule has 0 saturated carbocycles. The minimum atomic E-state index is -4.40. The van der Waals surface area contributed by atoms with Crippen molar-refractivity contribution in [2.45, 2.75) is 6.18 Å². The fourth-order valence-electron chi connectivity index (χ4n) is 2.31. The Morgan fingerprint density at radius 2 is 1.75 bits per heavy atom. The van der Waals surface area contributed by atoms with E-state index in [1.165, 1.54) is 25.4 Å². The molecular weight excluding hydrogens is 375 g/mol. The van der Waals surface area contributed by atoms with Gasteiger partial charge in [0.25, 0.3) is 0 Å². The molecular formula is C18H14F3N5O2. The average molecular weight is 389 g/mol. The Morgan fingerprint density at radius 3 is 2.43 bits per heavy atom. The summed E-state index contributed by atoms with van der Waals surface area (Å²) in [4.78, 5) is 16.0. The number of halogens is 3. The molecule has 10 heteroatoms. The maximum Gasteiger partial charge on any atom is 0.416 e. The van der Waals surface area contributed by atoms with E-state index in [4.69, 9.17) is 4.74 Å². The van der Waals surface area contributed by atoms with E-state index < -0.39 is 17.7 Å². The van der Waals surface area contributed by atoms with Crippen molar-refractivity contribution in [3.05, 3.63) is 65.9 Å². The second kappa shape index (κ2) is 7.91. The fraction of sp³-hybridized carbons (Fsp3) is 0.111. The normalized spacial score (nSPS) is 11.0. The lowest BCUT2D eigenvalue weighted by atomic mass is 10.2. The molecule has 0 bridgehead atoms. The monoisotopic (exact) mass is 389 g/mol. The summed E-state index contributed by atoms with van der Waals surface area (Å²) in [7, 11) is 1.27. The molecule has 3 rings (SSSR count). The number of alkyl halides is 3. The highest BCUT2D eigenvalue weighted by Gasteiger charge is 2.29. The molecule has 3 aromatic rings. The number of carbonyl (C=O) groups excluding carboxylic acids is 1. The molecule has 0 aliphatic heterocycles. The summed E-state index contributed by atoms with van der Waals surface area (Å²) in [5.41, 5.74) is 0.354. The third kappa shape index (κ3) is 4.53. The smallest absolute Gasteiger partial charge is 0.416 e. The van der Waals surface area contributed by atoms with Crippen LogP contribution in [0.4, 0.5) is 36.3 Å². The van der Waals surface area contributed by atoms with Gasteiger partial charge >= 0.3 is 12.1 Å². The van der Waals surface area contributed by atoms with Crippen LogP contribution in [0.1, 0.15) is 15.9 Å². The van der Waals surface area contributed by atoms with E-state index in [1.54, 1.807) is 24.3 Å². The number of nitrogens with one attached hydrogen (secondary N) is 2. The predicted molar refractivity (Wildman–Crippen MR) is 95.6 cm³/mol. The van der Waals surface area contributed by atoms with Crippen LogP contribution in [0.5, 0.6) is 0 Å². The quantitative estimate of drug-likeness (QED) is 0.633. The first-order chi connectivity index (χ1) is 13.4. The summed E-state index contributed by atoms with van der Waals surface area (Å²) < 4.78 is 42.6. The van der Waals surface area contributed by atoms with Crippen LogP contribution in [0, 0.1) is 0 Å². The van der Waals surface area contributed by atoms with Crippen molar-refractivity contribution >= 4 is 29.1 Å². The van der Waals surface area contributed by atoms with Gasteiger partial charge in [-0.1, -0.05) is 12.1 Å². The van der Waals surface area contributed by atoms with Crippen molar-refractivity contribution < 1.29 is 22.7 Å². The molecule has 2 aromatic carbocycles. The van der Waals surface area contributed by atoms with Gasteiger partial charge in [0.05, 0.1) is 30.1 Å². The molecule has 144 valence electrons. The zero-order valence-corrected chi connectivity index (χ0v) is 14.5. The van der Waals surface area contributed by atoms with Crippen LogP contribution in [0.25, 0.3) is 0 Å². The fourth-order valence-corrected chi connectivity index (χ4v) is 2.31. The van der Waals surface area contributed by atoms with Crippen LogP contribution in [0.3, 0.4) is 0 Å². The van der Waals surface area contributed by atoms with E-state index in [0.29, 0.717) is 11.4 Å². The van der Waals surface area contributed by atoms with E-state index >= 15 is 0 Å². The number of para-hydroxylation sites is 1. The molecule has 0 unspecified atom stereocenters. The van der Waals surface area contributed by atoms with Gasteiger partial charge in [-0.05, 0) is 36.4 Å². The number of hydrogen-bond donors (Lipinski definition) is 2. The minimum absolute atomic E-state index is 0.0910. The first-order valence-electron chi connectivity index (χ1n) is 7.95. The molecule has 0 aliphatic rings. The number of carbonyl (C=O) groups is 1. The number of anilines is 4. The first kappa shape index (κ1) is 19.1. The Labute approximate surface area is 157 Å². The lowest BCUT2D eigenvalue weighted by Gasteiger charge is -2.11. The van der Waals surface area contributed by atoms with Crippen LogP contribution in [-0.2, 0) is 10.9 Å². The summed E-state index contributed by atoms with van der Waals surface area (Å²) in [6.07, 6.45) is -3.09. The molecule has 0 saturated heterocycles. The topological polar surface area (TPSA) is 89.0 Å². The Balaban J connectivity index is 1.77. The average Bonchev–Trinajstić information content (AvgIpc) is 2.68. The number of hydrogen-bond acceptors (Lipinski definition) is 7.